The molecule has 3 aromatic heterocycles. The average molecular weight is 426 g/mol. The lowest BCUT2D eigenvalue weighted by Crippen LogP contribution is -2.15. The largest absolute Gasteiger partial charge is 0.345 e. The summed E-state index contributed by atoms with van der Waals surface area (Å²) in [5, 5.41) is 8.88. The fourth-order valence-corrected chi connectivity index (χ4v) is 5.70. The monoisotopic (exact) mass is 425 g/mol. The van der Waals surface area contributed by atoms with Gasteiger partial charge >= 0.3 is 0 Å². The van der Waals surface area contributed by atoms with Gasteiger partial charge in [0.1, 0.15) is 0 Å². The number of benzene rings is 1. The molecule has 0 atom stereocenters. The molecular weight excluding hydrogens is 401 g/mol. The Hall–Kier alpha value is -1.97. The summed E-state index contributed by atoms with van der Waals surface area (Å²) in [6.07, 6.45) is 8.63. The molecule has 150 valence electrons. The minimum absolute atomic E-state index is 0.604. The SMILES string of the molecule is Cc1nn2cc(-c3cc(Cl)ccc3Cl)cc2c2c(C)n(C3CCCCC3)c(C)c12. The topological polar surface area (TPSA) is 22.2 Å². The lowest BCUT2D eigenvalue weighted by molar-refractivity contribution is 0.346. The number of aromatic nitrogens is 3. The highest BCUT2D eigenvalue weighted by Crippen LogP contribution is 2.39. The lowest BCUT2D eigenvalue weighted by Gasteiger charge is -2.26. The molecule has 0 saturated heterocycles. The second kappa shape index (κ2) is 7.07. The van der Waals surface area contributed by atoms with Crippen LogP contribution in [0.2, 0.25) is 10.0 Å². The number of hydrogen-bond acceptors (Lipinski definition) is 1. The van der Waals surface area contributed by atoms with E-state index < -0.39 is 0 Å². The zero-order valence-electron chi connectivity index (χ0n) is 17.1. The van der Waals surface area contributed by atoms with Crippen molar-refractivity contribution in [3.05, 3.63) is 57.6 Å². The van der Waals surface area contributed by atoms with Crippen molar-refractivity contribution in [2.75, 3.05) is 0 Å². The summed E-state index contributed by atoms with van der Waals surface area (Å²) in [6, 6.07) is 8.40. The van der Waals surface area contributed by atoms with Gasteiger partial charge in [-0.2, -0.15) is 5.10 Å². The molecule has 1 aliphatic carbocycles. The van der Waals surface area contributed by atoms with E-state index in [0.29, 0.717) is 16.1 Å². The van der Waals surface area contributed by atoms with E-state index in [-0.39, 0.29) is 0 Å². The normalized spacial score (nSPS) is 15.6. The van der Waals surface area contributed by atoms with Crippen molar-refractivity contribution in [3.8, 4) is 11.1 Å². The van der Waals surface area contributed by atoms with Crippen LogP contribution in [0.1, 0.15) is 55.2 Å². The highest BCUT2D eigenvalue weighted by molar-refractivity contribution is 6.35. The zero-order valence-corrected chi connectivity index (χ0v) is 18.6. The van der Waals surface area contributed by atoms with Crippen LogP contribution >= 0.6 is 23.2 Å². The Bertz CT molecular complexity index is 1240. The third kappa shape index (κ3) is 2.98. The van der Waals surface area contributed by atoms with Crippen molar-refractivity contribution >= 4 is 39.5 Å². The van der Waals surface area contributed by atoms with E-state index in [1.54, 1.807) is 0 Å². The molecule has 5 heteroatoms. The Morgan fingerprint density at radius 1 is 0.931 bits per heavy atom. The highest BCUT2D eigenvalue weighted by atomic mass is 35.5. The fourth-order valence-electron chi connectivity index (χ4n) is 5.30. The lowest BCUT2D eigenvalue weighted by atomic mass is 9.95. The van der Waals surface area contributed by atoms with E-state index in [1.807, 2.05) is 22.7 Å². The Morgan fingerprint density at radius 3 is 2.41 bits per heavy atom. The van der Waals surface area contributed by atoms with Gasteiger partial charge in [-0.25, -0.2) is 4.52 Å². The summed E-state index contributed by atoms with van der Waals surface area (Å²) >= 11 is 12.7. The summed E-state index contributed by atoms with van der Waals surface area (Å²) in [5.74, 6) is 0. The van der Waals surface area contributed by atoms with Gasteiger partial charge in [0.05, 0.1) is 11.2 Å². The molecule has 4 aromatic rings. The van der Waals surface area contributed by atoms with E-state index in [4.69, 9.17) is 28.3 Å². The number of rotatable bonds is 2. The molecule has 29 heavy (non-hydrogen) atoms. The second-order valence-corrected chi connectivity index (χ2v) is 9.19. The Morgan fingerprint density at radius 2 is 1.66 bits per heavy atom. The summed E-state index contributed by atoms with van der Waals surface area (Å²) in [6.45, 7) is 6.64. The molecule has 0 bridgehead atoms. The molecule has 0 radical (unpaired) electrons. The van der Waals surface area contributed by atoms with Crippen LogP contribution in [0, 0.1) is 20.8 Å². The van der Waals surface area contributed by atoms with Crippen LogP contribution in [0.3, 0.4) is 0 Å². The molecule has 3 heterocycles. The van der Waals surface area contributed by atoms with Gasteiger partial charge in [-0.05, 0) is 57.9 Å². The van der Waals surface area contributed by atoms with Crippen molar-refractivity contribution < 1.29 is 0 Å². The van der Waals surface area contributed by atoms with Crippen molar-refractivity contribution in [1.29, 1.82) is 0 Å². The van der Waals surface area contributed by atoms with Gasteiger partial charge < -0.3 is 4.57 Å². The Kier molecular flexibility index (Phi) is 4.64. The maximum Gasteiger partial charge on any atom is 0.0749 e. The van der Waals surface area contributed by atoms with Gasteiger partial charge in [0.25, 0.3) is 0 Å². The maximum atomic E-state index is 6.48. The first kappa shape index (κ1) is 19.0. The van der Waals surface area contributed by atoms with E-state index in [9.17, 15) is 0 Å². The van der Waals surface area contributed by atoms with Crippen molar-refractivity contribution in [2.24, 2.45) is 0 Å². The molecular formula is C24H25Cl2N3. The van der Waals surface area contributed by atoms with Crippen LogP contribution < -0.4 is 0 Å². The predicted octanol–water partition coefficient (Wildman–Crippen LogP) is 7.69. The van der Waals surface area contributed by atoms with Crippen LogP contribution in [-0.2, 0) is 0 Å². The Labute approximate surface area is 181 Å². The third-order valence-electron chi connectivity index (χ3n) is 6.55. The van der Waals surface area contributed by atoms with Crippen molar-refractivity contribution in [3.63, 3.8) is 0 Å². The van der Waals surface area contributed by atoms with Gasteiger partial charge in [0.15, 0.2) is 0 Å². The van der Waals surface area contributed by atoms with E-state index in [0.717, 1.165) is 22.3 Å². The van der Waals surface area contributed by atoms with Gasteiger partial charge in [0, 0.05) is 55.6 Å². The smallest absolute Gasteiger partial charge is 0.0749 e. The molecule has 1 fully saturated rings. The van der Waals surface area contributed by atoms with E-state index in [2.05, 4.69) is 37.6 Å². The summed E-state index contributed by atoms with van der Waals surface area (Å²) in [7, 11) is 0. The van der Waals surface area contributed by atoms with Crippen molar-refractivity contribution in [1.82, 2.24) is 14.2 Å². The molecule has 1 aliphatic rings. The van der Waals surface area contributed by atoms with Crippen LogP contribution in [0.25, 0.3) is 27.4 Å². The van der Waals surface area contributed by atoms with Crippen LogP contribution in [0.15, 0.2) is 30.5 Å². The second-order valence-electron chi connectivity index (χ2n) is 8.35. The van der Waals surface area contributed by atoms with Crippen LogP contribution in [-0.4, -0.2) is 14.2 Å². The number of aryl methyl sites for hydroxylation is 3. The minimum Gasteiger partial charge on any atom is -0.345 e. The molecule has 3 nitrogen and oxygen atoms in total. The van der Waals surface area contributed by atoms with Gasteiger partial charge in [-0.15, -0.1) is 0 Å². The average Bonchev–Trinajstić information content (AvgIpc) is 3.23. The summed E-state index contributed by atoms with van der Waals surface area (Å²) < 4.78 is 4.58. The molecule has 5 rings (SSSR count). The van der Waals surface area contributed by atoms with Gasteiger partial charge in [0.2, 0.25) is 0 Å². The molecule has 0 amide bonds. The highest BCUT2D eigenvalue weighted by Gasteiger charge is 2.24. The third-order valence-corrected chi connectivity index (χ3v) is 7.12. The van der Waals surface area contributed by atoms with Crippen LogP contribution in [0.5, 0.6) is 0 Å². The number of halogens is 2. The molecule has 0 N–H and O–H groups in total. The number of nitrogens with zero attached hydrogens (tertiary/aromatic N) is 3. The van der Waals surface area contributed by atoms with E-state index in [1.165, 1.54) is 54.3 Å². The molecule has 1 saturated carbocycles. The Balaban J connectivity index is 1.78. The standard InChI is InChI=1S/C24H25Cl2N3/c1-14-23-15(2)29(19-7-5-4-6-8-19)16(3)24(23)22-11-17(13-28(22)27-14)20-12-18(25)9-10-21(20)26/h9-13,19H,4-8H2,1-3H3. The molecule has 1 aromatic carbocycles. The first-order valence-electron chi connectivity index (χ1n) is 10.4. The number of hydrogen-bond donors (Lipinski definition) is 0. The first-order valence-corrected chi connectivity index (χ1v) is 11.2. The minimum atomic E-state index is 0.604. The molecule has 0 unspecified atom stereocenters. The van der Waals surface area contributed by atoms with Gasteiger partial charge in [-0.1, -0.05) is 42.5 Å². The fraction of sp³-hybridized carbons (Fsp3) is 0.375. The molecule has 0 aliphatic heterocycles. The summed E-state index contributed by atoms with van der Waals surface area (Å²) in [4.78, 5) is 0. The molecule has 0 spiro atoms. The van der Waals surface area contributed by atoms with Gasteiger partial charge in [-0.3, -0.25) is 0 Å². The zero-order chi connectivity index (χ0) is 20.3. The summed E-state index contributed by atoms with van der Waals surface area (Å²) in [5.41, 5.74) is 6.88. The first-order chi connectivity index (χ1) is 14.0. The quantitative estimate of drug-likeness (QED) is 0.322. The van der Waals surface area contributed by atoms with Crippen molar-refractivity contribution in [2.45, 2.75) is 58.9 Å². The van der Waals surface area contributed by atoms with E-state index >= 15 is 0 Å². The number of fused-ring (bicyclic) bond motifs is 3. The van der Waals surface area contributed by atoms with Crippen LogP contribution in [0.4, 0.5) is 0 Å². The predicted molar refractivity (Wildman–Crippen MR) is 122 cm³/mol. The maximum absolute atomic E-state index is 6.48.